The second-order valence-electron chi connectivity index (χ2n) is 7.19. The molecule has 0 aliphatic heterocycles. The van der Waals surface area contributed by atoms with Gasteiger partial charge in [-0.3, -0.25) is 9.59 Å². The summed E-state index contributed by atoms with van der Waals surface area (Å²) < 4.78 is 20.8. The van der Waals surface area contributed by atoms with Crippen LogP contribution >= 0.6 is 11.3 Å². The number of hydrogen-bond acceptors (Lipinski definition) is 8. The van der Waals surface area contributed by atoms with E-state index in [1.165, 1.54) is 27.4 Å². The standard InChI is InChI=1S/C25H26N2O7S/c1-6-34-17-10-8-16(9-11-17)26-23(29)21-14(2)20(25(30)33-5)24(35-21)27-22(28)15-7-12-18(31-3)19(13-15)32-4/h7-13H,6H2,1-5H3,(H,26,29)(H,27,28). The van der Waals surface area contributed by atoms with E-state index in [-0.39, 0.29) is 21.0 Å². The van der Waals surface area contributed by atoms with Gasteiger partial charge < -0.3 is 29.6 Å². The molecule has 10 heteroatoms. The van der Waals surface area contributed by atoms with Gasteiger partial charge in [0.15, 0.2) is 11.5 Å². The van der Waals surface area contributed by atoms with Gasteiger partial charge in [0.05, 0.1) is 38.4 Å². The number of carbonyl (C=O) groups excluding carboxylic acids is 3. The lowest BCUT2D eigenvalue weighted by atomic mass is 10.1. The molecule has 35 heavy (non-hydrogen) atoms. The molecule has 2 aromatic carbocycles. The van der Waals surface area contributed by atoms with Crippen molar-refractivity contribution in [1.82, 2.24) is 0 Å². The zero-order valence-corrected chi connectivity index (χ0v) is 20.8. The molecule has 1 heterocycles. The largest absolute Gasteiger partial charge is 0.494 e. The summed E-state index contributed by atoms with van der Waals surface area (Å²) in [6.07, 6.45) is 0. The van der Waals surface area contributed by atoms with Gasteiger partial charge in [0.25, 0.3) is 11.8 Å². The van der Waals surface area contributed by atoms with Crippen LogP contribution in [0.25, 0.3) is 0 Å². The molecule has 2 N–H and O–H groups in total. The van der Waals surface area contributed by atoms with Gasteiger partial charge >= 0.3 is 5.97 Å². The third-order valence-corrected chi connectivity index (χ3v) is 6.24. The lowest BCUT2D eigenvalue weighted by molar-refractivity contribution is 0.0601. The predicted octanol–water partition coefficient (Wildman–Crippen LogP) is 4.76. The maximum atomic E-state index is 13.0. The molecule has 0 atom stereocenters. The average molecular weight is 499 g/mol. The van der Waals surface area contributed by atoms with Crippen LogP contribution in [0, 0.1) is 6.92 Å². The number of hydrogen-bond donors (Lipinski definition) is 2. The molecule has 0 spiro atoms. The van der Waals surface area contributed by atoms with E-state index in [2.05, 4.69) is 10.6 Å². The predicted molar refractivity (Wildman–Crippen MR) is 133 cm³/mol. The number of anilines is 2. The number of methoxy groups -OCH3 is 3. The van der Waals surface area contributed by atoms with Gasteiger partial charge in [-0.25, -0.2) is 4.79 Å². The van der Waals surface area contributed by atoms with E-state index < -0.39 is 17.8 Å². The SMILES string of the molecule is CCOc1ccc(NC(=O)c2sc(NC(=O)c3ccc(OC)c(OC)c3)c(C(=O)OC)c2C)cc1. The molecule has 1 aromatic heterocycles. The fourth-order valence-electron chi connectivity index (χ4n) is 3.31. The molecule has 0 fully saturated rings. The van der Waals surface area contributed by atoms with E-state index in [0.29, 0.717) is 35.1 Å². The van der Waals surface area contributed by atoms with Crippen molar-refractivity contribution in [1.29, 1.82) is 0 Å². The maximum absolute atomic E-state index is 13.0. The number of nitrogens with one attached hydrogen (secondary N) is 2. The average Bonchev–Trinajstić information content (AvgIpc) is 3.19. The van der Waals surface area contributed by atoms with E-state index in [1.807, 2.05) is 6.92 Å². The molecule has 0 unspecified atom stereocenters. The van der Waals surface area contributed by atoms with Gasteiger partial charge in [-0.05, 0) is 61.9 Å². The van der Waals surface area contributed by atoms with E-state index in [9.17, 15) is 14.4 Å². The van der Waals surface area contributed by atoms with Crippen molar-refractivity contribution >= 4 is 39.8 Å². The summed E-state index contributed by atoms with van der Waals surface area (Å²) in [6.45, 7) is 4.05. The van der Waals surface area contributed by atoms with E-state index in [1.54, 1.807) is 43.3 Å². The number of ether oxygens (including phenoxy) is 4. The molecule has 9 nitrogen and oxygen atoms in total. The van der Waals surface area contributed by atoms with Gasteiger partial charge in [0.1, 0.15) is 10.8 Å². The Morgan fingerprint density at radius 1 is 0.886 bits per heavy atom. The first-order valence-electron chi connectivity index (χ1n) is 10.6. The van der Waals surface area contributed by atoms with E-state index in [4.69, 9.17) is 18.9 Å². The monoisotopic (exact) mass is 498 g/mol. The van der Waals surface area contributed by atoms with Crippen LogP contribution in [0.4, 0.5) is 10.7 Å². The Morgan fingerprint density at radius 3 is 2.17 bits per heavy atom. The first-order valence-corrected chi connectivity index (χ1v) is 11.4. The summed E-state index contributed by atoms with van der Waals surface area (Å²) in [4.78, 5) is 38.7. The van der Waals surface area contributed by atoms with Crippen LogP contribution in [0.5, 0.6) is 17.2 Å². The van der Waals surface area contributed by atoms with E-state index in [0.717, 1.165) is 11.3 Å². The van der Waals surface area contributed by atoms with Crippen LogP contribution in [0.2, 0.25) is 0 Å². The normalized spacial score (nSPS) is 10.3. The molecule has 3 rings (SSSR count). The van der Waals surface area contributed by atoms with Crippen molar-refractivity contribution in [3.05, 3.63) is 64.0 Å². The van der Waals surface area contributed by atoms with Crippen molar-refractivity contribution in [2.24, 2.45) is 0 Å². The lowest BCUT2D eigenvalue weighted by Gasteiger charge is -2.10. The lowest BCUT2D eigenvalue weighted by Crippen LogP contribution is -2.14. The van der Waals surface area contributed by atoms with Crippen LogP contribution < -0.4 is 24.8 Å². The number of thiophene rings is 1. The quantitative estimate of drug-likeness (QED) is 0.409. The van der Waals surface area contributed by atoms with Gasteiger partial charge in [-0.1, -0.05) is 0 Å². The molecule has 184 valence electrons. The molecule has 0 saturated heterocycles. The van der Waals surface area contributed by atoms with Gasteiger partial charge in [0.2, 0.25) is 0 Å². The van der Waals surface area contributed by atoms with Crippen LogP contribution in [-0.2, 0) is 4.74 Å². The summed E-state index contributed by atoms with van der Waals surface area (Å²) in [5.41, 5.74) is 1.35. The van der Waals surface area contributed by atoms with Gasteiger partial charge in [0, 0.05) is 11.3 Å². The number of rotatable bonds is 9. The minimum absolute atomic E-state index is 0.114. The highest BCUT2D eigenvalue weighted by atomic mass is 32.1. The smallest absolute Gasteiger partial charge is 0.341 e. The molecule has 2 amide bonds. The summed E-state index contributed by atoms with van der Waals surface area (Å²) in [5, 5.41) is 5.72. The van der Waals surface area contributed by atoms with Crippen molar-refractivity contribution in [3.8, 4) is 17.2 Å². The highest BCUT2D eigenvalue weighted by Gasteiger charge is 2.27. The Hall–Kier alpha value is -4.05. The highest BCUT2D eigenvalue weighted by molar-refractivity contribution is 7.19. The zero-order chi connectivity index (χ0) is 25.5. The number of esters is 1. The first-order chi connectivity index (χ1) is 16.8. The molecule has 0 aliphatic carbocycles. The number of benzene rings is 2. The first kappa shape index (κ1) is 25.6. The molecule has 3 aromatic rings. The fraction of sp³-hybridized carbons (Fsp3) is 0.240. The summed E-state index contributed by atoms with van der Waals surface area (Å²) in [5.74, 6) is -0.0395. The van der Waals surface area contributed by atoms with Crippen molar-refractivity contribution in [2.45, 2.75) is 13.8 Å². The Morgan fingerprint density at radius 2 is 1.57 bits per heavy atom. The summed E-state index contributed by atoms with van der Waals surface area (Å²) >= 11 is 0.984. The Bertz CT molecular complexity index is 1240. The maximum Gasteiger partial charge on any atom is 0.341 e. The third kappa shape index (κ3) is 5.72. The minimum atomic E-state index is -0.665. The minimum Gasteiger partial charge on any atom is -0.494 e. The molecule has 0 aliphatic rings. The number of amides is 2. The zero-order valence-electron chi connectivity index (χ0n) is 20.0. The summed E-state index contributed by atoms with van der Waals surface area (Å²) in [7, 11) is 4.19. The Labute approximate surface area is 207 Å². The van der Waals surface area contributed by atoms with Crippen molar-refractivity contribution in [3.63, 3.8) is 0 Å². The third-order valence-electron chi connectivity index (χ3n) is 5.04. The molecule has 0 radical (unpaired) electrons. The molecule has 0 saturated carbocycles. The van der Waals surface area contributed by atoms with Crippen LogP contribution in [-0.4, -0.2) is 45.7 Å². The second-order valence-corrected chi connectivity index (χ2v) is 8.21. The van der Waals surface area contributed by atoms with Gasteiger partial charge in [-0.15, -0.1) is 11.3 Å². The Kier molecular flexibility index (Phi) is 8.32. The van der Waals surface area contributed by atoms with Crippen molar-refractivity contribution in [2.75, 3.05) is 38.6 Å². The molecular weight excluding hydrogens is 472 g/mol. The fourth-order valence-corrected chi connectivity index (χ4v) is 4.39. The highest BCUT2D eigenvalue weighted by Crippen LogP contribution is 2.35. The second kappa shape index (κ2) is 11.4. The van der Waals surface area contributed by atoms with Crippen LogP contribution in [0.1, 0.15) is 42.9 Å². The molecule has 0 bridgehead atoms. The topological polar surface area (TPSA) is 112 Å². The molecular formula is C25H26N2O7S. The van der Waals surface area contributed by atoms with Crippen molar-refractivity contribution < 1.29 is 33.3 Å². The van der Waals surface area contributed by atoms with Gasteiger partial charge in [-0.2, -0.15) is 0 Å². The Balaban J connectivity index is 1.89. The summed E-state index contributed by atoms with van der Waals surface area (Å²) in [6, 6.07) is 11.6. The van der Waals surface area contributed by atoms with Crippen LogP contribution in [0.3, 0.4) is 0 Å². The number of carbonyl (C=O) groups is 3. The van der Waals surface area contributed by atoms with Crippen LogP contribution in [0.15, 0.2) is 42.5 Å². The van der Waals surface area contributed by atoms with E-state index >= 15 is 0 Å².